The first kappa shape index (κ1) is 11.7. The Morgan fingerprint density at radius 2 is 2.00 bits per heavy atom. The molecule has 5 nitrogen and oxygen atoms in total. The third kappa shape index (κ3) is 1.96. The molecule has 2 heterocycles. The molecule has 0 saturated heterocycles. The molecule has 2 N–H and O–H groups in total. The van der Waals surface area contributed by atoms with Crippen LogP contribution in [0, 0.1) is 6.92 Å². The maximum absolute atomic E-state index is 9.94. The van der Waals surface area contributed by atoms with Gasteiger partial charge in [0.25, 0.3) is 0 Å². The number of nitrogens with zero attached hydrogens (tertiary/aromatic N) is 2. The minimum atomic E-state index is -0.0590. The summed E-state index contributed by atoms with van der Waals surface area (Å²) in [6.07, 6.45) is 1.56. The molecule has 0 aliphatic carbocycles. The van der Waals surface area contributed by atoms with Gasteiger partial charge in [-0.2, -0.15) is 0 Å². The monoisotopic (exact) mass is 274 g/mol. The quantitative estimate of drug-likeness (QED) is 0.750. The Morgan fingerprint density at radius 3 is 2.74 bits per heavy atom. The predicted molar refractivity (Wildman–Crippen MR) is 71.1 cm³/mol. The van der Waals surface area contributed by atoms with Crippen molar-refractivity contribution in [2.24, 2.45) is 0 Å². The lowest BCUT2D eigenvalue weighted by Crippen LogP contribution is -1.84. The van der Waals surface area contributed by atoms with Gasteiger partial charge in [-0.25, -0.2) is 4.98 Å². The topological polar surface area (TPSA) is 79.4 Å². The van der Waals surface area contributed by atoms with E-state index < -0.39 is 0 Å². The fraction of sp³-hybridized carbons (Fsp3) is 0.0769. The van der Waals surface area contributed by atoms with Crippen LogP contribution in [0.5, 0.6) is 11.5 Å². The van der Waals surface area contributed by atoms with E-state index in [1.54, 1.807) is 24.7 Å². The second-order valence-corrected chi connectivity index (χ2v) is 4.82. The summed E-state index contributed by atoms with van der Waals surface area (Å²) in [5.74, 6) is 0.416. The third-order valence-electron chi connectivity index (χ3n) is 2.84. The van der Waals surface area contributed by atoms with Crippen LogP contribution < -0.4 is 0 Å². The molecule has 0 radical (unpaired) electrons. The van der Waals surface area contributed by atoms with Crippen molar-refractivity contribution < 1.29 is 14.7 Å². The average molecular weight is 274 g/mol. The van der Waals surface area contributed by atoms with Gasteiger partial charge in [-0.1, -0.05) is 5.16 Å². The van der Waals surface area contributed by atoms with Gasteiger partial charge in [-0.05, 0) is 18.6 Å². The largest absolute Gasteiger partial charge is 0.508 e. The number of aromatic hydroxyl groups is 2. The van der Waals surface area contributed by atoms with E-state index in [9.17, 15) is 10.2 Å². The molecule has 96 valence electrons. The Kier molecular flexibility index (Phi) is 2.72. The van der Waals surface area contributed by atoms with Gasteiger partial charge in [0.05, 0.1) is 28.5 Å². The van der Waals surface area contributed by atoms with Crippen LogP contribution in [-0.2, 0) is 0 Å². The molecule has 3 aromatic rings. The molecule has 6 heteroatoms. The van der Waals surface area contributed by atoms with E-state index in [0.717, 1.165) is 5.69 Å². The number of phenols is 2. The van der Waals surface area contributed by atoms with Crippen LogP contribution in [-0.4, -0.2) is 20.4 Å². The highest BCUT2D eigenvalue weighted by molar-refractivity contribution is 7.07. The van der Waals surface area contributed by atoms with Crippen molar-refractivity contribution >= 4 is 11.3 Å². The number of benzene rings is 1. The molecule has 1 aromatic carbocycles. The Bertz CT molecular complexity index is 720. The first-order chi connectivity index (χ1) is 9.16. The van der Waals surface area contributed by atoms with Crippen LogP contribution in [0.1, 0.15) is 5.56 Å². The Balaban J connectivity index is 2.19. The van der Waals surface area contributed by atoms with E-state index in [-0.39, 0.29) is 11.5 Å². The van der Waals surface area contributed by atoms with Crippen molar-refractivity contribution in [3.05, 3.63) is 34.8 Å². The minimum Gasteiger partial charge on any atom is -0.508 e. The summed E-state index contributed by atoms with van der Waals surface area (Å²) in [6, 6.07) is 2.94. The molecule has 0 spiro atoms. The van der Waals surface area contributed by atoms with Crippen molar-refractivity contribution in [1.29, 1.82) is 0 Å². The first-order valence-electron chi connectivity index (χ1n) is 5.53. The minimum absolute atomic E-state index is 0.0379. The molecule has 0 aliphatic heterocycles. The second-order valence-electron chi connectivity index (χ2n) is 4.10. The van der Waals surface area contributed by atoms with Crippen LogP contribution in [0.25, 0.3) is 22.6 Å². The van der Waals surface area contributed by atoms with E-state index in [0.29, 0.717) is 22.5 Å². The van der Waals surface area contributed by atoms with Crippen molar-refractivity contribution in [3.8, 4) is 34.1 Å². The molecule has 2 aromatic heterocycles. The molecular weight excluding hydrogens is 264 g/mol. The van der Waals surface area contributed by atoms with Crippen molar-refractivity contribution in [2.45, 2.75) is 6.92 Å². The molecule has 0 amide bonds. The number of aromatic nitrogens is 2. The van der Waals surface area contributed by atoms with E-state index in [1.165, 1.54) is 17.4 Å². The smallest absolute Gasteiger partial charge is 0.179 e. The zero-order valence-corrected chi connectivity index (χ0v) is 10.8. The number of aryl methyl sites for hydroxylation is 1. The summed E-state index contributed by atoms with van der Waals surface area (Å²) in [6.45, 7) is 1.75. The van der Waals surface area contributed by atoms with Gasteiger partial charge in [-0.15, -0.1) is 11.3 Å². The average Bonchev–Trinajstić information content (AvgIpc) is 3.03. The highest BCUT2D eigenvalue weighted by Crippen LogP contribution is 2.39. The number of thiazole rings is 1. The summed E-state index contributed by atoms with van der Waals surface area (Å²) in [4.78, 5) is 4.20. The van der Waals surface area contributed by atoms with Gasteiger partial charge in [0.15, 0.2) is 5.76 Å². The molecule has 0 unspecified atom stereocenters. The van der Waals surface area contributed by atoms with E-state index in [4.69, 9.17) is 4.52 Å². The molecular formula is C13H10N2O3S. The van der Waals surface area contributed by atoms with Gasteiger partial charge in [-0.3, -0.25) is 0 Å². The molecule has 0 fully saturated rings. The Morgan fingerprint density at radius 1 is 1.16 bits per heavy atom. The lowest BCUT2D eigenvalue weighted by atomic mass is 10.0. The molecule has 0 saturated carbocycles. The fourth-order valence-electron chi connectivity index (χ4n) is 1.83. The Hall–Kier alpha value is -2.34. The summed E-state index contributed by atoms with van der Waals surface area (Å²) >= 11 is 1.47. The van der Waals surface area contributed by atoms with Gasteiger partial charge >= 0.3 is 0 Å². The highest BCUT2D eigenvalue weighted by atomic mass is 32.1. The molecule has 0 aliphatic rings. The zero-order chi connectivity index (χ0) is 13.4. The van der Waals surface area contributed by atoms with E-state index in [2.05, 4.69) is 10.1 Å². The van der Waals surface area contributed by atoms with Crippen LogP contribution in [0.2, 0.25) is 0 Å². The maximum Gasteiger partial charge on any atom is 0.179 e. The van der Waals surface area contributed by atoms with Gasteiger partial charge in [0.2, 0.25) is 0 Å². The summed E-state index contributed by atoms with van der Waals surface area (Å²) in [5.41, 5.74) is 4.30. The third-order valence-corrected chi connectivity index (χ3v) is 3.42. The van der Waals surface area contributed by atoms with Crippen molar-refractivity contribution in [3.63, 3.8) is 0 Å². The van der Waals surface area contributed by atoms with Crippen LogP contribution in [0.4, 0.5) is 0 Å². The van der Waals surface area contributed by atoms with Crippen molar-refractivity contribution in [2.75, 3.05) is 0 Å². The van der Waals surface area contributed by atoms with E-state index >= 15 is 0 Å². The second kappa shape index (κ2) is 4.40. The molecule has 3 rings (SSSR count). The normalized spacial score (nSPS) is 10.8. The highest BCUT2D eigenvalue weighted by Gasteiger charge is 2.18. The zero-order valence-electron chi connectivity index (χ0n) is 9.99. The van der Waals surface area contributed by atoms with Gasteiger partial charge in [0.1, 0.15) is 11.5 Å². The summed E-state index contributed by atoms with van der Waals surface area (Å²) in [7, 11) is 0. The maximum atomic E-state index is 9.94. The van der Waals surface area contributed by atoms with Crippen LogP contribution >= 0.6 is 11.3 Å². The molecule has 19 heavy (non-hydrogen) atoms. The molecule has 0 bridgehead atoms. The number of hydrogen-bond donors (Lipinski definition) is 2. The first-order valence-corrected chi connectivity index (χ1v) is 6.47. The Labute approximate surface area is 112 Å². The lowest BCUT2D eigenvalue weighted by molar-refractivity contribution is 0.423. The summed E-state index contributed by atoms with van der Waals surface area (Å²) in [5, 5.41) is 25.1. The van der Waals surface area contributed by atoms with Crippen molar-refractivity contribution in [1.82, 2.24) is 10.1 Å². The summed E-state index contributed by atoms with van der Waals surface area (Å²) < 4.78 is 5.22. The SMILES string of the molecule is Cc1cc(-c2oncc2-c2cscn2)c(O)cc1O. The number of hydrogen-bond acceptors (Lipinski definition) is 6. The van der Waals surface area contributed by atoms with E-state index in [1.807, 2.05) is 5.38 Å². The van der Waals surface area contributed by atoms with Gasteiger partial charge in [0, 0.05) is 11.4 Å². The lowest BCUT2D eigenvalue weighted by Gasteiger charge is -2.06. The van der Waals surface area contributed by atoms with Crippen LogP contribution in [0.3, 0.4) is 0 Å². The number of phenolic OH excluding ortho intramolecular Hbond substituents is 2. The fourth-order valence-corrected chi connectivity index (χ4v) is 2.38. The number of rotatable bonds is 2. The predicted octanol–water partition coefficient (Wildman–Crippen LogP) is 3.18. The van der Waals surface area contributed by atoms with Crippen LogP contribution in [0.15, 0.2) is 33.7 Å². The standard InChI is InChI=1S/C13H10N2O3S/c1-7-2-8(12(17)3-11(7)16)13-9(4-15-18-13)10-5-19-6-14-10/h2-6,16-17H,1H3. The van der Waals surface area contributed by atoms with Gasteiger partial charge < -0.3 is 14.7 Å². The molecule has 0 atom stereocenters.